The van der Waals surface area contributed by atoms with Crippen LogP contribution in [0.3, 0.4) is 0 Å². The lowest BCUT2D eigenvalue weighted by Crippen LogP contribution is -2.10. The first-order chi connectivity index (χ1) is 23.8. The minimum absolute atomic E-state index is 0.871. The topological polar surface area (TPSA) is 16.4 Å². The van der Waals surface area contributed by atoms with E-state index in [4.69, 9.17) is 4.42 Å². The van der Waals surface area contributed by atoms with E-state index in [0.717, 1.165) is 39.0 Å². The van der Waals surface area contributed by atoms with Crippen LogP contribution in [-0.2, 0) is 0 Å². The molecule has 48 heavy (non-hydrogen) atoms. The van der Waals surface area contributed by atoms with Crippen molar-refractivity contribution in [2.75, 3.05) is 4.90 Å². The number of furan rings is 1. The van der Waals surface area contributed by atoms with Crippen LogP contribution in [0.1, 0.15) is 0 Å². The van der Waals surface area contributed by atoms with Gasteiger partial charge in [0.25, 0.3) is 0 Å². The summed E-state index contributed by atoms with van der Waals surface area (Å²) in [6.45, 7) is 0. The lowest BCUT2D eigenvalue weighted by atomic mass is 9.90. The van der Waals surface area contributed by atoms with Gasteiger partial charge in [0.2, 0.25) is 0 Å². The fraction of sp³-hybridized carbons (Fsp3) is 0. The summed E-state index contributed by atoms with van der Waals surface area (Å²) in [5, 5.41) is 4.71. The SMILES string of the molecule is c1ccc(-c2ccc(N(c3ccc(-c4ccc5ccccc5c4-c4ccccc4)cc3)c3cccc4c3oc3ccccc34)cc2)cc1. The van der Waals surface area contributed by atoms with E-state index in [-0.39, 0.29) is 0 Å². The number of hydrogen-bond acceptors (Lipinski definition) is 2. The van der Waals surface area contributed by atoms with Crippen molar-refractivity contribution in [1.29, 1.82) is 0 Å². The maximum absolute atomic E-state index is 6.56. The van der Waals surface area contributed by atoms with Crippen molar-refractivity contribution in [3.05, 3.63) is 188 Å². The highest BCUT2D eigenvalue weighted by Crippen LogP contribution is 2.44. The van der Waals surface area contributed by atoms with Crippen molar-refractivity contribution in [3.8, 4) is 33.4 Å². The lowest BCUT2D eigenvalue weighted by molar-refractivity contribution is 0.669. The molecular weight excluding hydrogens is 583 g/mol. The fourth-order valence-corrected chi connectivity index (χ4v) is 6.99. The third kappa shape index (κ3) is 4.83. The highest BCUT2D eigenvalue weighted by molar-refractivity contribution is 6.10. The molecule has 0 fully saturated rings. The van der Waals surface area contributed by atoms with Gasteiger partial charge in [0.1, 0.15) is 5.58 Å². The Morgan fingerprint density at radius 3 is 1.65 bits per heavy atom. The molecule has 0 bridgehead atoms. The zero-order chi connectivity index (χ0) is 31.9. The highest BCUT2D eigenvalue weighted by Gasteiger charge is 2.20. The number of hydrogen-bond donors (Lipinski definition) is 0. The average Bonchev–Trinajstić information content (AvgIpc) is 3.55. The van der Waals surface area contributed by atoms with E-state index in [1.54, 1.807) is 0 Å². The summed E-state index contributed by atoms with van der Waals surface area (Å²) in [7, 11) is 0. The number of benzene rings is 8. The molecule has 0 amide bonds. The molecule has 0 spiro atoms. The van der Waals surface area contributed by atoms with Crippen LogP contribution < -0.4 is 4.90 Å². The molecule has 2 nitrogen and oxygen atoms in total. The minimum atomic E-state index is 0.871. The largest absolute Gasteiger partial charge is 0.454 e. The monoisotopic (exact) mass is 613 g/mol. The number of para-hydroxylation sites is 2. The van der Waals surface area contributed by atoms with E-state index in [9.17, 15) is 0 Å². The Morgan fingerprint density at radius 1 is 0.354 bits per heavy atom. The van der Waals surface area contributed by atoms with E-state index >= 15 is 0 Å². The summed E-state index contributed by atoms with van der Waals surface area (Å²) < 4.78 is 6.56. The smallest absolute Gasteiger partial charge is 0.159 e. The predicted molar refractivity (Wildman–Crippen MR) is 202 cm³/mol. The Bertz CT molecular complexity index is 2530. The van der Waals surface area contributed by atoms with Crippen LogP contribution in [0.4, 0.5) is 17.1 Å². The van der Waals surface area contributed by atoms with Gasteiger partial charge < -0.3 is 9.32 Å². The van der Waals surface area contributed by atoms with Gasteiger partial charge in [-0.3, -0.25) is 0 Å². The van der Waals surface area contributed by atoms with Crippen LogP contribution in [0.25, 0.3) is 66.1 Å². The number of fused-ring (bicyclic) bond motifs is 4. The second-order valence-corrected chi connectivity index (χ2v) is 12.1. The van der Waals surface area contributed by atoms with Gasteiger partial charge in [-0.05, 0) is 80.6 Å². The van der Waals surface area contributed by atoms with Crippen LogP contribution >= 0.6 is 0 Å². The highest BCUT2D eigenvalue weighted by atomic mass is 16.3. The molecule has 0 aliphatic rings. The summed E-state index contributed by atoms with van der Waals surface area (Å²) in [6, 6.07) is 66.8. The van der Waals surface area contributed by atoms with Crippen LogP contribution in [0.15, 0.2) is 192 Å². The lowest BCUT2D eigenvalue weighted by Gasteiger charge is -2.26. The van der Waals surface area contributed by atoms with Crippen LogP contribution in [0, 0.1) is 0 Å². The molecule has 0 unspecified atom stereocenters. The van der Waals surface area contributed by atoms with Gasteiger partial charge in [-0.2, -0.15) is 0 Å². The Kier molecular flexibility index (Phi) is 6.84. The second-order valence-electron chi connectivity index (χ2n) is 12.1. The summed E-state index contributed by atoms with van der Waals surface area (Å²) in [5.41, 5.74) is 12.1. The molecule has 9 rings (SSSR count). The molecule has 2 heteroatoms. The van der Waals surface area contributed by atoms with E-state index in [1.807, 2.05) is 12.1 Å². The number of nitrogens with zero attached hydrogens (tertiary/aromatic N) is 1. The maximum Gasteiger partial charge on any atom is 0.159 e. The summed E-state index contributed by atoms with van der Waals surface area (Å²) in [6.07, 6.45) is 0. The maximum atomic E-state index is 6.56. The predicted octanol–water partition coefficient (Wildman–Crippen LogP) is 13.2. The molecule has 0 aliphatic heterocycles. The molecule has 9 aromatic rings. The van der Waals surface area contributed by atoms with Crippen molar-refractivity contribution < 1.29 is 4.42 Å². The molecular formula is C46H31NO. The van der Waals surface area contributed by atoms with Crippen molar-refractivity contribution in [3.63, 3.8) is 0 Å². The normalized spacial score (nSPS) is 11.3. The Balaban J connectivity index is 1.20. The summed E-state index contributed by atoms with van der Waals surface area (Å²) in [5.74, 6) is 0. The zero-order valence-corrected chi connectivity index (χ0v) is 26.3. The van der Waals surface area contributed by atoms with Gasteiger partial charge in [0.15, 0.2) is 5.58 Å². The second kappa shape index (κ2) is 11.8. The van der Waals surface area contributed by atoms with Crippen LogP contribution in [-0.4, -0.2) is 0 Å². The van der Waals surface area contributed by atoms with Gasteiger partial charge in [-0.1, -0.05) is 152 Å². The molecule has 0 atom stereocenters. The van der Waals surface area contributed by atoms with Gasteiger partial charge in [-0.15, -0.1) is 0 Å². The Morgan fingerprint density at radius 2 is 0.917 bits per heavy atom. The molecule has 1 aromatic heterocycles. The molecule has 8 aromatic carbocycles. The third-order valence-corrected chi connectivity index (χ3v) is 9.29. The zero-order valence-electron chi connectivity index (χ0n) is 26.3. The first-order valence-electron chi connectivity index (χ1n) is 16.4. The first kappa shape index (κ1) is 27.9. The van der Waals surface area contributed by atoms with Crippen molar-refractivity contribution in [2.45, 2.75) is 0 Å². The number of rotatable bonds is 6. The van der Waals surface area contributed by atoms with Gasteiger partial charge in [0, 0.05) is 22.1 Å². The fourth-order valence-electron chi connectivity index (χ4n) is 6.99. The molecule has 1 heterocycles. The summed E-state index contributed by atoms with van der Waals surface area (Å²) in [4.78, 5) is 2.31. The Hall–Kier alpha value is -6.38. The third-order valence-electron chi connectivity index (χ3n) is 9.29. The van der Waals surface area contributed by atoms with Crippen molar-refractivity contribution in [2.24, 2.45) is 0 Å². The van der Waals surface area contributed by atoms with E-state index in [0.29, 0.717) is 0 Å². The van der Waals surface area contributed by atoms with Crippen LogP contribution in [0.2, 0.25) is 0 Å². The van der Waals surface area contributed by atoms with Crippen LogP contribution in [0.5, 0.6) is 0 Å². The molecule has 0 saturated carbocycles. The van der Waals surface area contributed by atoms with E-state index in [1.165, 1.54) is 44.2 Å². The van der Waals surface area contributed by atoms with Crippen molar-refractivity contribution >= 4 is 49.8 Å². The van der Waals surface area contributed by atoms with Gasteiger partial charge in [-0.25, -0.2) is 0 Å². The first-order valence-corrected chi connectivity index (χ1v) is 16.4. The van der Waals surface area contributed by atoms with Crippen molar-refractivity contribution in [1.82, 2.24) is 0 Å². The number of anilines is 3. The molecule has 0 aliphatic carbocycles. The average molecular weight is 614 g/mol. The van der Waals surface area contributed by atoms with Gasteiger partial charge >= 0.3 is 0 Å². The molecule has 0 N–H and O–H groups in total. The molecule has 226 valence electrons. The quantitative estimate of drug-likeness (QED) is 0.185. The summed E-state index contributed by atoms with van der Waals surface area (Å²) >= 11 is 0. The van der Waals surface area contributed by atoms with Gasteiger partial charge in [0.05, 0.1) is 5.69 Å². The molecule has 0 saturated heterocycles. The molecule has 0 radical (unpaired) electrons. The van der Waals surface area contributed by atoms with E-state index in [2.05, 4.69) is 181 Å². The van der Waals surface area contributed by atoms with E-state index < -0.39 is 0 Å². The minimum Gasteiger partial charge on any atom is -0.454 e. The Labute approximate surface area is 279 Å². The standard InChI is InChI=1S/C46H31NO/c1-3-12-32(13-4-1)33-22-27-37(28-23-33)47(43-20-11-19-42-41-18-9-10-21-44(41)48-46(42)43)38-29-24-35(25-30-38)40-31-26-34-14-7-8-17-39(34)45(40)36-15-5-2-6-16-36/h1-31H.